The number of hydrogen-bond donors (Lipinski definition) is 1. The number of likely N-dealkylation sites (tertiary alicyclic amines) is 2. The van der Waals surface area contributed by atoms with Crippen molar-refractivity contribution >= 4 is 23.6 Å². The standard InChI is InChI=1S/C16H24N4O4S/c1-11(21)20-10-16(7-12(20)15(22)23)3-5-19(6-4-16)8-14-17-13(9-25-2)18-24-14/h12H,3-10H2,1-2H3,(H,22,23). The summed E-state index contributed by atoms with van der Waals surface area (Å²) in [7, 11) is 0. The van der Waals surface area contributed by atoms with Crippen LogP contribution in [0, 0.1) is 5.41 Å². The molecule has 25 heavy (non-hydrogen) atoms. The summed E-state index contributed by atoms with van der Waals surface area (Å²) in [5.74, 6) is 1.03. The van der Waals surface area contributed by atoms with Gasteiger partial charge in [-0.15, -0.1) is 0 Å². The minimum atomic E-state index is -0.901. The molecule has 0 aliphatic carbocycles. The molecular weight excluding hydrogens is 344 g/mol. The molecule has 1 aromatic heterocycles. The number of nitrogens with zero attached hydrogens (tertiary/aromatic N) is 4. The Morgan fingerprint density at radius 2 is 2.12 bits per heavy atom. The van der Waals surface area contributed by atoms with Crippen molar-refractivity contribution in [2.24, 2.45) is 5.41 Å². The fraction of sp³-hybridized carbons (Fsp3) is 0.750. The lowest BCUT2D eigenvalue weighted by Gasteiger charge is -2.38. The van der Waals surface area contributed by atoms with Crippen LogP contribution in [0.4, 0.5) is 0 Å². The number of amides is 1. The van der Waals surface area contributed by atoms with Crippen LogP contribution in [0.5, 0.6) is 0 Å². The summed E-state index contributed by atoms with van der Waals surface area (Å²) in [6.07, 6.45) is 4.31. The molecule has 2 saturated heterocycles. The van der Waals surface area contributed by atoms with Crippen LogP contribution in [0.1, 0.15) is 37.9 Å². The van der Waals surface area contributed by atoms with Crippen molar-refractivity contribution in [2.75, 3.05) is 25.9 Å². The van der Waals surface area contributed by atoms with E-state index in [-0.39, 0.29) is 11.3 Å². The van der Waals surface area contributed by atoms with E-state index in [1.807, 2.05) is 6.26 Å². The second kappa shape index (κ2) is 7.33. The summed E-state index contributed by atoms with van der Waals surface area (Å²) in [4.78, 5) is 31.4. The molecule has 0 aromatic carbocycles. The zero-order valence-electron chi connectivity index (χ0n) is 14.6. The fourth-order valence-electron chi connectivity index (χ4n) is 3.89. The van der Waals surface area contributed by atoms with E-state index in [1.165, 1.54) is 11.8 Å². The zero-order chi connectivity index (χ0) is 18.0. The molecule has 8 nitrogen and oxygen atoms in total. The monoisotopic (exact) mass is 368 g/mol. The average molecular weight is 368 g/mol. The van der Waals surface area contributed by atoms with Gasteiger partial charge in [-0.25, -0.2) is 4.79 Å². The Morgan fingerprint density at radius 1 is 1.40 bits per heavy atom. The van der Waals surface area contributed by atoms with Crippen molar-refractivity contribution in [3.8, 4) is 0 Å². The molecule has 3 heterocycles. The van der Waals surface area contributed by atoms with E-state index in [0.29, 0.717) is 31.2 Å². The molecule has 0 radical (unpaired) electrons. The van der Waals surface area contributed by atoms with Crippen LogP contribution >= 0.6 is 11.8 Å². The Hall–Kier alpha value is -1.61. The SMILES string of the molecule is CSCc1noc(CN2CCC3(CC2)CC(C(=O)O)N(C(C)=O)C3)n1. The minimum Gasteiger partial charge on any atom is -0.480 e. The van der Waals surface area contributed by atoms with E-state index >= 15 is 0 Å². The zero-order valence-corrected chi connectivity index (χ0v) is 15.4. The number of carbonyl (C=O) groups is 2. The third-order valence-electron chi connectivity index (χ3n) is 5.26. The van der Waals surface area contributed by atoms with Crippen molar-refractivity contribution in [1.82, 2.24) is 19.9 Å². The number of carbonyl (C=O) groups excluding carboxylic acids is 1. The van der Waals surface area contributed by atoms with Gasteiger partial charge in [0.15, 0.2) is 5.82 Å². The summed E-state index contributed by atoms with van der Waals surface area (Å²) in [6.45, 7) is 4.31. The highest BCUT2D eigenvalue weighted by molar-refractivity contribution is 7.97. The number of aromatic nitrogens is 2. The first-order valence-corrected chi connectivity index (χ1v) is 9.85. The lowest BCUT2D eigenvalue weighted by Crippen LogP contribution is -2.42. The Balaban J connectivity index is 1.57. The van der Waals surface area contributed by atoms with Gasteiger partial charge in [-0.2, -0.15) is 16.7 Å². The average Bonchev–Trinajstić information content (AvgIpc) is 3.16. The van der Waals surface area contributed by atoms with Crippen LogP contribution in [0.15, 0.2) is 4.52 Å². The van der Waals surface area contributed by atoms with E-state index < -0.39 is 12.0 Å². The first kappa shape index (κ1) is 18.2. The first-order chi connectivity index (χ1) is 11.9. The van der Waals surface area contributed by atoms with Gasteiger partial charge in [0, 0.05) is 13.5 Å². The van der Waals surface area contributed by atoms with E-state index in [9.17, 15) is 14.7 Å². The van der Waals surface area contributed by atoms with Crippen molar-refractivity contribution in [2.45, 2.75) is 44.5 Å². The van der Waals surface area contributed by atoms with Crippen molar-refractivity contribution in [3.05, 3.63) is 11.7 Å². The van der Waals surface area contributed by atoms with Gasteiger partial charge in [0.1, 0.15) is 6.04 Å². The van der Waals surface area contributed by atoms with Gasteiger partial charge in [0.2, 0.25) is 11.8 Å². The third kappa shape index (κ3) is 3.98. The van der Waals surface area contributed by atoms with E-state index in [4.69, 9.17) is 4.52 Å². The summed E-state index contributed by atoms with van der Waals surface area (Å²) < 4.78 is 5.29. The van der Waals surface area contributed by atoms with E-state index in [1.54, 1.807) is 11.8 Å². The molecule has 2 aliphatic heterocycles. The summed E-state index contributed by atoms with van der Waals surface area (Å²) >= 11 is 1.65. The van der Waals surface area contributed by atoms with E-state index in [0.717, 1.165) is 31.7 Å². The number of thioether (sulfide) groups is 1. The van der Waals surface area contributed by atoms with Gasteiger partial charge in [-0.3, -0.25) is 9.69 Å². The summed E-state index contributed by atoms with van der Waals surface area (Å²) in [5, 5.41) is 13.4. The molecule has 1 N–H and O–H groups in total. The van der Waals surface area contributed by atoms with Crippen molar-refractivity contribution in [1.29, 1.82) is 0 Å². The van der Waals surface area contributed by atoms with Crippen molar-refractivity contribution < 1.29 is 19.2 Å². The fourth-order valence-corrected chi connectivity index (χ4v) is 4.26. The van der Waals surface area contributed by atoms with Gasteiger partial charge in [0.05, 0.1) is 12.3 Å². The van der Waals surface area contributed by atoms with E-state index in [2.05, 4.69) is 15.0 Å². The van der Waals surface area contributed by atoms with Crippen LogP contribution < -0.4 is 0 Å². The number of carboxylic acids is 1. The summed E-state index contributed by atoms with van der Waals surface area (Å²) in [6, 6.07) is -0.686. The molecule has 2 fully saturated rings. The third-order valence-corrected chi connectivity index (χ3v) is 5.80. The maximum Gasteiger partial charge on any atom is 0.326 e. The number of hydrogen-bond acceptors (Lipinski definition) is 7. The molecule has 1 spiro atoms. The van der Waals surface area contributed by atoms with Gasteiger partial charge in [-0.1, -0.05) is 5.16 Å². The van der Waals surface area contributed by atoms with Gasteiger partial charge in [-0.05, 0) is 44.0 Å². The highest BCUT2D eigenvalue weighted by atomic mass is 32.2. The second-order valence-electron chi connectivity index (χ2n) is 7.02. The first-order valence-electron chi connectivity index (χ1n) is 8.45. The molecule has 0 saturated carbocycles. The quantitative estimate of drug-likeness (QED) is 0.828. The Morgan fingerprint density at radius 3 is 2.68 bits per heavy atom. The molecule has 9 heteroatoms. The molecular formula is C16H24N4O4S. The predicted molar refractivity (Wildman–Crippen MR) is 91.9 cm³/mol. The van der Waals surface area contributed by atoms with Crippen LogP contribution in [-0.4, -0.2) is 68.9 Å². The maximum atomic E-state index is 11.8. The minimum absolute atomic E-state index is 0.0793. The van der Waals surface area contributed by atoms with Crippen LogP contribution in [-0.2, 0) is 21.9 Å². The molecule has 1 amide bonds. The lowest BCUT2D eigenvalue weighted by atomic mass is 9.76. The molecule has 2 aliphatic rings. The lowest BCUT2D eigenvalue weighted by molar-refractivity contribution is -0.147. The second-order valence-corrected chi connectivity index (χ2v) is 7.88. The van der Waals surface area contributed by atoms with Crippen LogP contribution in [0.2, 0.25) is 0 Å². The highest BCUT2D eigenvalue weighted by Crippen LogP contribution is 2.43. The predicted octanol–water partition coefficient (Wildman–Crippen LogP) is 1.22. The Labute approximate surface area is 150 Å². The Kier molecular flexibility index (Phi) is 5.33. The number of carboxylic acid groups (broad SMARTS) is 1. The number of aliphatic carboxylic acids is 1. The molecule has 1 atom stereocenters. The van der Waals surface area contributed by atoms with Crippen molar-refractivity contribution in [3.63, 3.8) is 0 Å². The molecule has 138 valence electrons. The molecule has 1 aromatic rings. The van der Waals surface area contributed by atoms with Gasteiger partial charge in [0.25, 0.3) is 0 Å². The highest BCUT2D eigenvalue weighted by Gasteiger charge is 2.49. The van der Waals surface area contributed by atoms with Crippen LogP contribution in [0.25, 0.3) is 0 Å². The Bertz CT molecular complexity index is 618. The summed E-state index contributed by atoms with van der Waals surface area (Å²) in [5.41, 5.74) is -0.0793. The maximum absolute atomic E-state index is 11.8. The molecule has 1 unspecified atom stereocenters. The number of rotatable bonds is 5. The topological polar surface area (TPSA) is 99.8 Å². The number of piperidine rings is 1. The largest absolute Gasteiger partial charge is 0.480 e. The van der Waals surface area contributed by atoms with Crippen LogP contribution in [0.3, 0.4) is 0 Å². The van der Waals surface area contributed by atoms with Gasteiger partial charge < -0.3 is 14.5 Å². The normalized spacial score (nSPS) is 23.3. The molecule has 0 bridgehead atoms. The van der Waals surface area contributed by atoms with Gasteiger partial charge >= 0.3 is 5.97 Å². The smallest absolute Gasteiger partial charge is 0.326 e. The molecule has 3 rings (SSSR count).